The van der Waals surface area contributed by atoms with Crippen molar-refractivity contribution in [1.29, 1.82) is 0 Å². The van der Waals surface area contributed by atoms with Gasteiger partial charge in [-0.15, -0.1) is 0 Å². The predicted molar refractivity (Wildman–Crippen MR) is 55.3 cm³/mol. The molecule has 0 aromatic carbocycles. The topological polar surface area (TPSA) is 60.4 Å². The lowest BCUT2D eigenvalue weighted by molar-refractivity contribution is -0.159. The number of carbonyl (C=O) groups is 3. The lowest BCUT2D eigenvalue weighted by atomic mass is 9.81. The molecule has 0 fully saturated rings. The second-order valence-corrected chi connectivity index (χ2v) is 3.81. The van der Waals surface area contributed by atoms with Gasteiger partial charge in [0.1, 0.15) is 17.0 Å². The molecule has 4 nitrogen and oxygen atoms in total. The van der Waals surface area contributed by atoms with Gasteiger partial charge in [-0.25, -0.2) is 0 Å². The lowest BCUT2D eigenvalue weighted by Gasteiger charge is -2.23. The van der Waals surface area contributed by atoms with Crippen LogP contribution in [0.2, 0.25) is 0 Å². The molecule has 0 rings (SSSR count). The standard InChI is InChI=1S/C11H18O4/c1-5-15-10(14)11(4,9(3)13)7-6-8(2)12/h5-7H2,1-4H3/t11-/m0/s1. The SMILES string of the molecule is CCOC(=O)[C@@](C)(CCC(C)=O)C(C)=O. The van der Waals surface area contributed by atoms with Crippen molar-refractivity contribution in [2.45, 2.75) is 40.5 Å². The first-order valence-corrected chi connectivity index (χ1v) is 5.02. The van der Waals surface area contributed by atoms with Crippen LogP contribution in [0.4, 0.5) is 0 Å². The molecule has 0 N–H and O–H groups in total. The van der Waals surface area contributed by atoms with Gasteiger partial charge in [-0.1, -0.05) is 0 Å². The largest absolute Gasteiger partial charge is 0.465 e. The smallest absolute Gasteiger partial charge is 0.319 e. The number of hydrogen-bond acceptors (Lipinski definition) is 4. The van der Waals surface area contributed by atoms with Crippen LogP contribution in [0.1, 0.15) is 40.5 Å². The Labute approximate surface area is 90.0 Å². The van der Waals surface area contributed by atoms with Gasteiger partial charge in [-0.2, -0.15) is 0 Å². The molecule has 0 radical (unpaired) electrons. The highest BCUT2D eigenvalue weighted by Crippen LogP contribution is 2.26. The van der Waals surface area contributed by atoms with E-state index in [-0.39, 0.29) is 31.0 Å². The van der Waals surface area contributed by atoms with Gasteiger partial charge in [-0.3, -0.25) is 9.59 Å². The van der Waals surface area contributed by atoms with Crippen LogP contribution in [0.3, 0.4) is 0 Å². The molecule has 0 saturated heterocycles. The Morgan fingerprint density at radius 2 is 1.73 bits per heavy atom. The van der Waals surface area contributed by atoms with Crippen LogP contribution >= 0.6 is 0 Å². The lowest BCUT2D eigenvalue weighted by Crippen LogP contribution is -2.37. The van der Waals surface area contributed by atoms with Gasteiger partial charge in [0.05, 0.1) is 6.61 Å². The number of rotatable bonds is 6. The zero-order chi connectivity index (χ0) is 12.1. The number of ketones is 2. The molecular formula is C11H18O4. The van der Waals surface area contributed by atoms with E-state index in [1.807, 2.05) is 0 Å². The summed E-state index contributed by atoms with van der Waals surface area (Å²) in [4.78, 5) is 33.8. The number of hydrogen-bond donors (Lipinski definition) is 0. The van der Waals surface area contributed by atoms with E-state index < -0.39 is 11.4 Å². The maximum Gasteiger partial charge on any atom is 0.319 e. The van der Waals surface area contributed by atoms with Crippen molar-refractivity contribution in [3.8, 4) is 0 Å². The minimum absolute atomic E-state index is 0.0354. The second-order valence-electron chi connectivity index (χ2n) is 3.81. The summed E-state index contributed by atoms with van der Waals surface area (Å²) in [6, 6.07) is 0. The van der Waals surface area contributed by atoms with E-state index in [4.69, 9.17) is 4.74 Å². The second kappa shape index (κ2) is 5.63. The Balaban J connectivity index is 4.66. The summed E-state index contributed by atoms with van der Waals surface area (Å²) in [5.41, 5.74) is -1.18. The van der Waals surface area contributed by atoms with E-state index in [9.17, 15) is 14.4 Å². The Morgan fingerprint density at radius 1 is 1.20 bits per heavy atom. The fraction of sp³-hybridized carbons (Fsp3) is 0.727. The molecule has 86 valence electrons. The monoisotopic (exact) mass is 214 g/mol. The highest BCUT2D eigenvalue weighted by atomic mass is 16.5. The van der Waals surface area contributed by atoms with E-state index in [2.05, 4.69) is 0 Å². The number of Topliss-reactive ketones (excluding diaryl/α,β-unsaturated/α-hetero) is 2. The summed E-state index contributed by atoms with van der Waals surface area (Å²) in [5, 5.41) is 0. The van der Waals surface area contributed by atoms with Crippen molar-refractivity contribution < 1.29 is 19.1 Å². The minimum Gasteiger partial charge on any atom is -0.465 e. The Morgan fingerprint density at radius 3 is 2.07 bits per heavy atom. The molecule has 0 heterocycles. The molecule has 0 saturated carbocycles. The van der Waals surface area contributed by atoms with Crippen molar-refractivity contribution in [3.05, 3.63) is 0 Å². The van der Waals surface area contributed by atoms with E-state index in [0.29, 0.717) is 0 Å². The highest BCUT2D eigenvalue weighted by Gasteiger charge is 2.39. The molecule has 0 aromatic rings. The van der Waals surface area contributed by atoms with Gasteiger partial charge in [0.2, 0.25) is 0 Å². The molecule has 0 bridgehead atoms. The molecular weight excluding hydrogens is 196 g/mol. The van der Waals surface area contributed by atoms with Crippen LogP contribution in [-0.2, 0) is 19.1 Å². The summed E-state index contributed by atoms with van der Waals surface area (Å²) in [5.74, 6) is -0.840. The molecule has 1 atom stereocenters. The van der Waals surface area contributed by atoms with Crippen LogP contribution in [0.15, 0.2) is 0 Å². The van der Waals surface area contributed by atoms with E-state index in [0.717, 1.165) is 0 Å². The zero-order valence-corrected chi connectivity index (χ0v) is 9.75. The molecule has 0 amide bonds. The van der Waals surface area contributed by atoms with Gasteiger partial charge in [-0.05, 0) is 34.1 Å². The molecule has 15 heavy (non-hydrogen) atoms. The van der Waals surface area contributed by atoms with Crippen molar-refractivity contribution in [2.75, 3.05) is 6.61 Å². The van der Waals surface area contributed by atoms with Crippen molar-refractivity contribution in [3.63, 3.8) is 0 Å². The molecule has 0 aliphatic heterocycles. The Bertz CT molecular complexity index is 270. The maximum absolute atomic E-state index is 11.6. The summed E-state index contributed by atoms with van der Waals surface area (Å²) in [7, 11) is 0. The third-order valence-corrected chi connectivity index (χ3v) is 2.48. The maximum atomic E-state index is 11.6. The molecule has 0 unspecified atom stereocenters. The Hall–Kier alpha value is -1.19. The quantitative estimate of drug-likeness (QED) is 0.496. The summed E-state index contributed by atoms with van der Waals surface area (Å²) in [6.07, 6.45) is 0.436. The van der Waals surface area contributed by atoms with Crippen molar-refractivity contribution >= 4 is 17.5 Å². The van der Waals surface area contributed by atoms with Crippen LogP contribution in [0.25, 0.3) is 0 Å². The first kappa shape index (κ1) is 13.8. The van der Waals surface area contributed by atoms with Gasteiger partial charge in [0.25, 0.3) is 0 Å². The van der Waals surface area contributed by atoms with E-state index >= 15 is 0 Å². The van der Waals surface area contributed by atoms with Gasteiger partial charge in [0, 0.05) is 6.42 Å². The van der Waals surface area contributed by atoms with Crippen LogP contribution in [0.5, 0.6) is 0 Å². The predicted octanol–water partition coefficient (Wildman–Crippen LogP) is 1.51. The molecule has 0 spiro atoms. The van der Waals surface area contributed by atoms with Crippen molar-refractivity contribution in [1.82, 2.24) is 0 Å². The average Bonchev–Trinajstić information content (AvgIpc) is 2.14. The third kappa shape index (κ3) is 3.81. The molecule has 0 aliphatic carbocycles. The van der Waals surface area contributed by atoms with Gasteiger partial charge in [0.15, 0.2) is 0 Å². The fourth-order valence-electron chi connectivity index (χ4n) is 1.14. The third-order valence-electron chi connectivity index (χ3n) is 2.48. The average molecular weight is 214 g/mol. The molecule has 0 aliphatic rings. The zero-order valence-electron chi connectivity index (χ0n) is 9.75. The first-order valence-electron chi connectivity index (χ1n) is 5.02. The first-order chi connectivity index (χ1) is 6.84. The summed E-state index contributed by atoms with van der Waals surface area (Å²) in [6.45, 7) is 6.23. The summed E-state index contributed by atoms with van der Waals surface area (Å²) < 4.78 is 4.83. The van der Waals surface area contributed by atoms with E-state index in [1.165, 1.54) is 20.8 Å². The minimum atomic E-state index is -1.18. The van der Waals surface area contributed by atoms with E-state index in [1.54, 1.807) is 6.92 Å². The summed E-state index contributed by atoms with van der Waals surface area (Å²) >= 11 is 0. The molecule has 0 aromatic heterocycles. The normalized spacial score (nSPS) is 14.1. The fourth-order valence-corrected chi connectivity index (χ4v) is 1.14. The van der Waals surface area contributed by atoms with Crippen LogP contribution in [0, 0.1) is 5.41 Å². The van der Waals surface area contributed by atoms with Gasteiger partial charge < -0.3 is 9.53 Å². The van der Waals surface area contributed by atoms with Crippen LogP contribution < -0.4 is 0 Å². The molecule has 4 heteroatoms. The highest BCUT2D eigenvalue weighted by molar-refractivity contribution is 6.02. The van der Waals surface area contributed by atoms with Crippen molar-refractivity contribution in [2.24, 2.45) is 5.41 Å². The van der Waals surface area contributed by atoms with Gasteiger partial charge >= 0.3 is 5.97 Å². The number of carbonyl (C=O) groups excluding carboxylic acids is 3. The number of esters is 1. The van der Waals surface area contributed by atoms with Crippen LogP contribution in [-0.4, -0.2) is 24.1 Å². The Kier molecular flexibility index (Phi) is 5.19. The number of ether oxygens (including phenoxy) is 1.